The first-order chi connectivity index (χ1) is 10.7. The third-order valence-electron chi connectivity index (χ3n) is 4.04. The summed E-state index contributed by atoms with van der Waals surface area (Å²) in [5.41, 5.74) is -1.17. The van der Waals surface area contributed by atoms with Crippen molar-refractivity contribution >= 4 is 17.7 Å². The highest BCUT2D eigenvalue weighted by Gasteiger charge is 2.48. The fraction of sp³-hybridized carbons (Fsp3) is 0.438. The average molecular weight is 325 g/mol. The van der Waals surface area contributed by atoms with E-state index in [4.69, 9.17) is 0 Å². The number of hydrogen-bond acceptors (Lipinski definition) is 4. The summed E-state index contributed by atoms with van der Waals surface area (Å²) in [7, 11) is 1.17. The predicted octanol–water partition coefficient (Wildman–Crippen LogP) is 2.01. The number of likely N-dealkylation sites (tertiary alicyclic amines) is 1. The molecule has 0 unspecified atom stereocenters. The number of hydrogen-bond donors (Lipinski definition) is 0. The summed E-state index contributed by atoms with van der Waals surface area (Å²) < 4.78 is 31.5. The molecular weight excluding hydrogens is 308 g/mol. The van der Waals surface area contributed by atoms with Gasteiger partial charge in [0.05, 0.1) is 13.2 Å². The highest BCUT2D eigenvalue weighted by molar-refractivity contribution is 6.08. The second-order valence-corrected chi connectivity index (χ2v) is 5.98. The molecule has 0 spiro atoms. The zero-order valence-electron chi connectivity index (χ0n) is 13.1. The van der Waals surface area contributed by atoms with Crippen molar-refractivity contribution in [2.75, 3.05) is 13.7 Å². The number of carbonyl (C=O) groups excluding carboxylic acids is 3. The minimum absolute atomic E-state index is 0.126. The van der Waals surface area contributed by atoms with Crippen LogP contribution in [0.1, 0.15) is 31.9 Å². The number of halogens is 2. The quantitative estimate of drug-likeness (QED) is 0.630. The number of ketones is 1. The molecule has 5 nitrogen and oxygen atoms in total. The number of benzene rings is 1. The first-order valence-electron chi connectivity index (χ1n) is 7.04. The number of piperidine rings is 1. The number of Topliss-reactive ketones (excluding diaryl/α,β-unsaturated/α-hetero) is 1. The van der Waals surface area contributed by atoms with E-state index in [1.807, 2.05) is 0 Å². The lowest BCUT2D eigenvalue weighted by Crippen LogP contribution is -2.54. The van der Waals surface area contributed by atoms with Crippen LogP contribution in [0.2, 0.25) is 0 Å². The van der Waals surface area contributed by atoms with Gasteiger partial charge in [-0.2, -0.15) is 0 Å². The number of methoxy groups -OCH3 is 1. The molecule has 1 aromatic rings. The molecule has 1 fully saturated rings. The Morgan fingerprint density at radius 2 is 1.83 bits per heavy atom. The molecule has 1 aliphatic heterocycles. The molecule has 1 atom stereocenters. The number of amides is 1. The molecular formula is C16H17F2NO4. The summed E-state index contributed by atoms with van der Waals surface area (Å²) >= 11 is 0. The van der Waals surface area contributed by atoms with Gasteiger partial charge in [-0.05, 0) is 31.5 Å². The van der Waals surface area contributed by atoms with E-state index in [9.17, 15) is 23.2 Å². The SMILES string of the molecule is COC(=O)CN1C(=O)C(C)(C)C(=O)C[C@H]1c1cc(F)cc(F)c1. The second-order valence-electron chi connectivity index (χ2n) is 5.98. The summed E-state index contributed by atoms with van der Waals surface area (Å²) in [5, 5.41) is 0. The minimum Gasteiger partial charge on any atom is -0.468 e. The maximum Gasteiger partial charge on any atom is 0.325 e. The van der Waals surface area contributed by atoms with Crippen LogP contribution in [-0.2, 0) is 19.1 Å². The fourth-order valence-electron chi connectivity index (χ4n) is 2.61. The van der Waals surface area contributed by atoms with Crippen molar-refractivity contribution in [1.29, 1.82) is 0 Å². The van der Waals surface area contributed by atoms with Crippen molar-refractivity contribution < 1.29 is 27.9 Å². The van der Waals surface area contributed by atoms with Gasteiger partial charge in [-0.15, -0.1) is 0 Å². The predicted molar refractivity (Wildman–Crippen MR) is 76.2 cm³/mol. The molecule has 1 heterocycles. The minimum atomic E-state index is -1.30. The van der Waals surface area contributed by atoms with Crippen LogP contribution in [0.4, 0.5) is 8.78 Å². The molecule has 0 N–H and O–H groups in total. The molecule has 23 heavy (non-hydrogen) atoms. The molecule has 1 aliphatic rings. The number of esters is 1. The summed E-state index contributed by atoms with van der Waals surface area (Å²) in [6.07, 6.45) is -0.126. The monoisotopic (exact) mass is 325 g/mol. The molecule has 0 bridgehead atoms. The third kappa shape index (κ3) is 3.23. The van der Waals surface area contributed by atoms with Crippen LogP contribution in [0, 0.1) is 17.0 Å². The van der Waals surface area contributed by atoms with Gasteiger partial charge in [0.25, 0.3) is 0 Å². The smallest absolute Gasteiger partial charge is 0.325 e. The van der Waals surface area contributed by atoms with Crippen LogP contribution in [0.25, 0.3) is 0 Å². The zero-order valence-corrected chi connectivity index (χ0v) is 13.1. The largest absolute Gasteiger partial charge is 0.468 e. The van der Waals surface area contributed by atoms with Crippen LogP contribution in [0.5, 0.6) is 0 Å². The molecule has 0 radical (unpaired) electrons. The summed E-state index contributed by atoms with van der Waals surface area (Å²) in [4.78, 5) is 37.5. The van der Waals surface area contributed by atoms with E-state index >= 15 is 0 Å². The lowest BCUT2D eigenvalue weighted by Gasteiger charge is -2.41. The van der Waals surface area contributed by atoms with Gasteiger partial charge in [-0.3, -0.25) is 14.4 Å². The normalized spacial score (nSPS) is 20.6. The molecule has 0 aromatic heterocycles. The molecule has 1 amide bonds. The van der Waals surface area contributed by atoms with E-state index in [0.717, 1.165) is 17.0 Å². The number of rotatable bonds is 3. The summed E-state index contributed by atoms with van der Waals surface area (Å²) in [6.45, 7) is 2.53. The number of ether oxygens (including phenoxy) is 1. The van der Waals surface area contributed by atoms with Crippen LogP contribution >= 0.6 is 0 Å². The second kappa shape index (κ2) is 6.06. The lowest BCUT2D eigenvalue weighted by molar-refractivity contribution is -0.161. The van der Waals surface area contributed by atoms with Gasteiger partial charge in [0.15, 0.2) is 0 Å². The molecule has 7 heteroatoms. The van der Waals surface area contributed by atoms with Crippen LogP contribution < -0.4 is 0 Å². The van der Waals surface area contributed by atoms with Gasteiger partial charge in [-0.1, -0.05) is 0 Å². The first-order valence-corrected chi connectivity index (χ1v) is 7.04. The van der Waals surface area contributed by atoms with Crippen molar-refractivity contribution in [1.82, 2.24) is 4.90 Å². The Morgan fingerprint density at radius 1 is 1.26 bits per heavy atom. The highest BCUT2D eigenvalue weighted by atomic mass is 19.1. The molecule has 0 aliphatic carbocycles. The van der Waals surface area contributed by atoms with Crippen molar-refractivity contribution in [2.45, 2.75) is 26.3 Å². The van der Waals surface area contributed by atoms with Crippen molar-refractivity contribution in [3.8, 4) is 0 Å². The third-order valence-corrected chi connectivity index (χ3v) is 4.04. The maximum absolute atomic E-state index is 13.5. The van der Waals surface area contributed by atoms with E-state index in [-0.39, 0.29) is 17.8 Å². The number of carbonyl (C=O) groups is 3. The Balaban J connectivity index is 2.47. The fourth-order valence-corrected chi connectivity index (χ4v) is 2.61. The van der Waals surface area contributed by atoms with Gasteiger partial charge in [0.1, 0.15) is 29.4 Å². The van der Waals surface area contributed by atoms with Crippen molar-refractivity contribution in [2.24, 2.45) is 5.41 Å². The van der Waals surface area contributed by atoms with E-state index in [1.54, 1.807) is 0 Å². The summed E-state index contributed by atoms with van der Waals surface area (Å²) in [5.74, 6) is -3.23. The van der Waals surface area contributed by atoms with Gasteiger partial charge in [0.2, 0.25) is 5.91 Å². The van der Waals surface area contributed by atoms with E-state index in [0.29, 0.717) is 6.07 Å². The Hall–Kier alpha value is -2.31. The number of nitrogens with zero attached hydrogens (tertiary/aromatic N) is 1. The van der Waals surface area contributed by atoms with Crippen molar-refractivity contribution in [3.05, 3.63) is 35.4 Å². The van der Waals surface area contributed by atoms with Gasteiger partial charge in [0, 0.05) is 12.5 Å². The Bertz CT molecular complexity index is 652. The van der Waals surface area contributed by atoms with Gasteiger partial charge in [-0.25, -0.2) is 8.78 Å². The maximum atomic E-state index is 13.5. The Labute approximate surface area is 132 Å². The molecule has 1 saturated heterocycles. The van der Waals surface area contributed by atoms with E-state index in [1.165, 1.54) is 21.0 Å². The van der Waals surface area contributed by atoms with E-state index in [2.05, 4.69) is 4.74 Å². The van der Waals surface area contributed by atoms with Crippen LogP contribution in [0.15, 0.2) is 18.2 Å². The molecule has 124 valence electrons. The Kier molecular flexibility index (Phi) is 4.49. The standard InChI is InChI=1S/C16H17F2NO4/c1-16(2)13(20)7-12(9-4-10(17)6-11(18)5-9)19(15(16)22)8-14(21)23-3/h4-6,12H,7-8H2,1-3H3/t12-/m0/s1. The van der Waals surface area contributed by atoms with Crippen LogP contribution in [-0.4, -0.2) is 36.2 Å². The molecule has 0 saturated carbocycles. The van der Waals surface area contributed by atoms with Gasteiger partial charge < -0.3 is 9.64 Å². The topological polar surface area (TPSA) is 63.7 Å². The van der Waals surface area contributed by atoms with Crippen LogP contribution in [0.3, 0.4) is 0 Å². The van der Waals surface area contributed by atoms with Crippen molar-refractivity contribution in [3.63, 3.8) is 0 Å². The molecule has 2 rings (SSSR count). The summed E-state index contributed by atoms with van der Waals surface area (Å²) in [6, 6.07) is 1.89. The Morgan fingerprint density at radius 3 is 2.35 bits per heavy atom. The van der Waals surface area contributed by atoms with Gasteiger partial charge >= 0.3 is 5.97 Å². The average Bonchev–Trinajstić information content (AvgIpc) is 2.47. The van der Waals surface area contributed by atoms with E-state index < -0.39 is 41.5 Å². The zero-order chi connectivity index (χ0) is 17.4. The highest BCUT2D eigenvalue weighted by Crippen LogP contribution is 2.38. The first kappa shape index (κ1) is 17.1. The molecule has 1 aromatic carbocycles. The lowest BCUT2D eigenvalue weighted by atomic mass is 9.77.